The van der Waals surface area contributed by atoms with E-state index in [4.69, 9.17) is 4.52 Å². The summed E-state index contributed by atoms with van der Waals surface area (Å²) in [5, 5.41) is 5.61. The minimum atomic E-state index is -0.168. The Labute approximate surface area is 125 Å². The summed E-state index contributed by atoms with van der Waals surface area (Å²) >= 11 is 1.44. The second-order valence-corrected chi connectivity index (χ2v) is 5.84. The van der Waals surface area contributed by atoms with E-state index in [1.54, 1.807) is 22.8 Å². The summed E-state index contributed by atoms with van der Waals surface area (Å²) < 4.78 is 4.99. The Morgan fingerprint density at radius 1 is 1.19 bits per heavy atom. The number of carbonyl (C=O) groups excluding carboxylic acids is 2. The lowest BCUT2D eigenvalue weighted by molar-refractivity contribution is 0.0515. The number of aryl methyl sites for hydroxylation is 1. The molecule has 2 aromatic heterocycles. The summed E-state index contributed by atoms with van der Waals surface area (Å²) in [7, 11) is 0. The van der Waals surface area contributed by atoms with Gasteiger partial charge in [-0.15, -0.1) is 11.3 Å². The number of hydrogen-bond donors (Lipinski definition) is 0. The quantitative estimate of drug-likeness (QED) is 0.846. The van der Waals surface area contributed by atoms with E-state index in [0.717, 1.165) is 4.88 Å². The van der Waals surface area contributed by atoms with Gasteiger partial charge in [0.25, 0.3) is 11.8 Å². The molecule has 110 valence electrons. The molecule has 3 rings (SSSR count). The lowest BCUT2D eigenvalue weighted by Crippen LogP contribution is -2.50. The first-order valence-electron chi connectivity index (χ1n) is 6.70. The van der Waals surface area contributed by atoms with Gasteiger partial charge in [-0.2, -0.15) is 0 Å². The van der Waals surface area contributed by atoms with Gasteiger partial charge in [-0.1, -0.05) is 11.2 Å². The van der Waals surface area contributed by atoms with Crippen molar-refractivity contribution in [2.75, 3.05) is 26.2 Å². The zero-order valence-corrected chi connectivity index (χ0v) is 12.4. The molecule has 2 aromatic rings. The predicted octanol–water partition coefficient (Wildman–Crippen LogP) is 1.64. The Morgan fingerprint density at radius 2 is 1.86 bits per heavy atom. The van der Waals surface area contributed by atoms with Crippen LogP contribution in [0.2, 0.25) is 0 Å². The van der Waals surface area contributed by atoms with Crippen LogP contribution in [-0.2, 0) is 0 Å². The molecule has 1 saturated heterocycles. The van der Waals surface area contributed by atoms with E-state index in [1.165, 1.54) is 11.3 Å². The molecule has 1 aliphatic heterocycles. The lowest BCUT2D eigenvalue weighted by Gasteiger charge is -2.34. The highest BCUT2D eigenvalue weighted by Crippen LogP contribution is 2.15. The molecule has 0 bridgehead atoms. The van der Waals surface area contributed by atoms with Crippen LogP contribution in [0.5, 0.6) is 0 Å². The minimum Gasteiger partial charge on any atom is -0.351 e. The van der Waals surface area contributed by atoms with E-state index in [9.17, 15) is 9.59 Å². The average molecular weight is 305 g/mol. The summed E-state index contributed by atoms with van der Waals surface area (Å²) in [6.07, 6.45) is 0. The van der Waals surface area contributed by atoms with Crippen molar-refractivity contribution in [3.05, 3.63) is 39.9 Å². The highest BCUT2D eigenvalue weighted by Gasteiger charge is 2.27. The van der Waals surface area contributed by atoms with Gasteiger partial charge < -0.3 is 14.3 Å². The Bertz CT molecular complexity index is 642. The molecule has 21 heavy (non-hydrogen) atoms. The molecule has 7 heteroatoms. The molecule has 0 aliphatic carbocycles. The van der Waals surface area contributed by atoms with Gasteiger partial charge in [0.2, 0.25) is 5.76 Å². The van der Waals surface area contributed by atoms with E-state index in [1.807, 2.05) is 17.5 Å². The Morgan fingerprint density at radius 3 is 2.38 bits per heavy atom. The van der Waals surface area contributed by atoms with Crippen LogP contribution in [0.1, 0.15) is 25.9 Å². The topological polar surface area (TPSA) is 66.7 Å². The van der Waals surface area contributed by atoms with Crippen LogP contribution in [0.3, 0.4) is 0 Å². The van der Waals surface area contributed by atoms with E-state index in [2.05, 4.69) is 5.16 Å². The number of nitrogens with zero attached hydrogens (tertiary/aromatic N) is 3. The van der Waals surface area contributed by atoms with Crippen molar-refractivity contribution in [2.24, 2.45) is 0 Å². The lowest BCUT2D eigenvalue weighted by atomic mass is 10.2. The second-order valence-electron chi connectivity index (χ2n) is 4.89. The summed E-state index contributed by atoms with van der Waals surface area (Å²) in [5.74, 6) is 0.122. The SMILES string of the molecule is Cc1cc(C(=O)N2CCN(C(=O)c3cccs3)CC2)on1. The fourth-order valence-corrected chi connectivity index (χ4v) is 2.98. The third kappa shape index (κ3) is 2.82. The molecule has 0 unspecified atom stereocenters. The van der Waals surface area contributed by atoms with E-state index in [0.29, 0.717) is 31.9 Å². The summed E-state index contributed by atoms with van der Waals surface area (Å²) in [6.45, 7) is 3.87. The maximum absolute atomic E-state index is 12.2. The van der Waals surface area contributed by atoms with Gasteiger partial charge in [-0.05, 0) is 18.4 Å². The Kier molecular flexibility index (Phi) is 3.74. The minimum absolute atomic E-state index is 0.0348. The van der Waals surface area contributed by atoms with Crippen LogP contribution in [0, 0.1) is 6.92 Å². The fraction of sp³-hybridized carbons (Fsp3) is 0.357. The summed E-state index contributed by atoms with van der Waals surface area (Å²) in [6, 6.07) is 5.32. The van der Waals surface area contributed by atoms with Gasteiger partial charge in [0, 0.05) is 32.2 Å². The summed E-state index contributed by atoms with van der Waals surface area (Å²) in [5.41, 5.74) is 0.685. The predicted molar refractivity (Wildman–Crippen MR) is 77.4 cm³/mol. The number of thiophene rings is 1. The molecule has 0 spiro atoms. The molecule has 2 amide bonds. The van der Waals surface area contributed by atoms with Crippen molar-refractivity contribution in [3.8, 4) is 0 Å². The van der Waals surface area contributed by atoms with E-state index < -0.39 is 0 Å². The molecule has 0 aromatic carbocycles. The number of aromatic nitrogens is 1. The van der Waals surface area contributed by atoms with Crippen molar-refractivity contribution >= 4 is 23.2 Å². The molecule has 6 nitrogen and oxygen atoms in total. The third-order valence-electron chi connectivity index (χ3n) is 3.42. The van der Waals surface area contributed by atoms with Gasteiger partial charge in [-0.3, -0.25) is 9.59 Å². The smallest absolute Gasteiger partial charge is 0.292 e. The summed E-state index contributed by atoms with van der Waals surface area (Å²) in [4.78, 5) is 28.6. The van der Waals surface area contributed by atoms with Crippen LogP contribution >= 0.6 is 11.3 Å². The van der Waals surface area contributed by atoms with Crippen molar-refractivity contribution < 1.29 is 14.1 Å². The number of piperazine rings is 1. The van der Waals surface area contributed by atoms with E-state index in [-0.39, 0.29) is 17.6 Å². The van der Waals surface area contributed by atoms with Crippen molar-refractivity contribution in [1.82, 2.24) is 15.0 Å². The first-order valence-corrected chi connectivity index (χ1v) is 7.58. The van der Waals surface area contributed by atoms with Gasteiger partial charge in [0.1, 0.15) is 0 Å². The van der Waals surface area contributed by atoms with Crippen LogP contribution in [0.15, 0.2) is 28.1 Å². The second kappa shape index (κ2) is 5.69. The molecule has 1 fully saturated rings. The van der Waals surface area contributed by atoms with Crippen LogP contribution in [0.4, 0.5) is 0 Å². The molecule has 1 aliphatic rings. The number of carbonyl (C=O) groups is 2. The number of rotatable bonds is 2. The van der Waals surface area contributed by atoms with Gasteiger partial charge >= 0.3 is 0 Å². The molecule has 0 atom stereocenters. The Hall–Kier alpha value is -2.15. The standard InChI is InChI=1S/C14H15N3O3S/c1-10-9-11(20-15-10)13(18)16-4-6-17(7-5-16)14(19)12-3-2-8-21-12/h2-3,8-9H,4-7H2,1H3. The molecular weight excluding hydrogens is 290 g/mol. The molecule has 0 N–H and O–H groups in total. The van der Waals surface area contributed by atoms with Crippen molar-refractivity contribution in [3.63, 3.8) is 0 Å². The largest absolute Gasteiger partial charge is 0.351 e. The number of hydrogen-bond acceptors (Lipinski definition) is 5. The zero-order chi connectivity index (χ0) is 14.8. The zero-order valence-electron chi connectivity index (χ0n) is 11.6. The van der Waals surface area contributed by atoms with Gasteiger partial charge in [0.15, 0.2) is 0 Å². The van der Waals surface area contributed by atoms with Crippen LogP contribution in [0.25, 0.3) is 0 Å². The first kappa shape index (κ1) is 13.8. The molecule has 3 heterocycles. The van der Waals surface area contributed by atoms with Crippen molar-refractivity contribution in [2.45, 2.75) is 6.92 Å². The third-order valence-corrected chi connectivity index (χ3v) is 4.28. The van der Waals surface area contributed by atoms with Crippen LogP contribution < -0.4 is 0 Å². The Balaban J connectivity index is 1.60. The van der Waals surface area contributed by atoms with Crippen LogP contribution in [-0.4, -0.2) is 52.9 Å². The molecule has 0 saturated carbocycles. The monoisotopic (exact) mass is 305 g/mol. The fourth-order valence-electron chi connectivity index (χ4n) is 2.29. The normalized spacial score (nSPS) is 15.3. The maximum atomic E-state index is 12.2. The highest BCUT2D eigenvalue weighted by atomic mass is 32.1. The van der Waals surface area contributed by atoms with Crippen molar-refractivity contribution in [1.29, 1.82) is 0 Å². The first-order chi connectivity index (χ1) is 10.1. The molecule has 0 radical (unpaired) electrons. The average Bonchev–Trinajstić information content (AvgIpc) is 3.17. The van der Waals surface area contributed by atoms with Gasteiger partial charge in [-0.25, -0.2) is 0 Å². The number of amides is 2. The molecular formula is C14H15N3O3S. The highest BCUT2D eigenvalue weighted by molar-refractivity contribution is 7.12. The maximum Gasteiger partial charge on any atom is 0.292 e. The van der Waals surface area contributed by atoms with E-state index >= 15 is 0 Å². The van der Waals surface area contributed by atoms with Gasteiger partial charge in [0.05, 0.1) is 10.6 Å².